The molecule has 0 bridgehead atoms. The molecule has 1 aromatic heterocycles. The predicted molar refractivity (Wildman–Crippen MR) is 111 cm³/mol. The Labute approximate surface area is 173 Å². The van der Waals surface area contributed by atoms with Crippen LogP contribution in [-0.2, 0) is 25.5 Å². The zero-order chi connectivity index (χ0) is 21.2. The maximum Gasteiger partial charge on any atom is 0.306 e. The van der Waals surface area contributed by atoms with E-state index in [1.807, 2.05) is 25.1 Å². The SMILES string of the molecule is CCc1ccccc1NC(=O)CN(C)C(=O)COC(=O)CCC(=O)c1cccs1. The molecule has 154 valence electrons. The van der Waals surface area contributed by atoms with Crippen molar-refractivity contribution in [3.63, 3.8) is 0 Å². The van der Waals surface area contributed by atoms with E-state index in [1.54, 1.807) is 23.6 Å². The van der Waals surface area contributed by atoms with Crippen molar-refractivity contribution >= 4 is 40.6 Å². The molecule has 7 nitrogen and oxygen atoms in total. The molecular formula is C21H24N2O5S. The Kier molecular flexibility index (Phi) is 8.54. The lowest BCUT2D eigenvalue weighted by molar-refractivity contribution is -0.151. The van der Waals surface area contributed by atoms with E-state index in [9.17, 15) is 19.2 Å². The van der Waals surface area contributed by atoms with Crippen molar-refractivity contribution in [1.29, 1.82) is 0 Å². The van der Waals surface area contributed by atoms with Gasteiger partial charge in [0, 0.05) is 19.2 Å². The Morgan fingerprint density at radius 3 is 2.52 bits per heavy atom. The highest BCUT2D eigenvalue weighted by atomic mass is 32.1. The average Bonchev–Trinajstić information content (AvgIpc) is 3.25. The third kappa shape index (κ3) is 7.15. The van der Waals surface area contributed by atoms with E-state index in [1.165, 1.54) is 23.3 Å². The average molecular weight is 416 g/mol. The molecule has 0 fully saturated rings. The number of rotatable bonds is 10. The minimum absolute atomic E-state index is 0.0304. The number of hydrogen-bond donors (Lipinski definition) is 1. The molecule has 2 aromatic rings. The Morgan fingerprint density at radius 2 is 1.83 bits per heavy atom. The standard InChI is InChI=1S/C21H24N2O5S/c1-3-15-7-4-5-8-16(15)22-19(25)13-23(2)20(26)14-28-21(27)11-10-17(24)18-9-6-12-29-18/h4-9,12H,3,10-11,13-14H2,1-2H3,(H,22,25). The molecule has 2 rings (SSSR count). The van der Waals surface area contributed by atoms with Gasteiger partial charge in [0.2, 0.25) is 5.91 Å². The van der Waals surface area contributed by atoms with E-state index in [2.05, 4.69) is 5.32 Å². The van der Waals surface area contributed by atoms with Crippen LogP contribution in [0.15, 0.2) is 41.8 Å². The van der Waals surface area contributed by atoms with Crippen molar-refractivity contribution < 1.29 is 23.9 Å². The Bertz CT molecular complexity index is 864. The zero-order valence-electron chi connectivity index (χ0n) is 16.5. The summed E-state index contributed by atoms with van der Waals surface area (Å²) >= 11 is 1.31. The minimum Gasteiger partial charge on any atom is -0.456 e. The summed E-state index contributed by atoms with van der Waals surface area (Å²) in [6.07, 6.45) is 0.709. The molecule has 0 aliphatic carbocycles. The molecule has 1 heterocycles. The van der Waals surface area contributed by atoms with Crippen LogP contribution in [0.1, 0.15) is 35.0 Å². The van der Waals surface area contributed by atoms with Crippen molar-refractivity contribution in [2.75, 3.05) is 25.5 Å². The van der Waals surface area contributed by atoms with E-state index in [0.717, 1.165) is 12.0 Å². The number of nitrogens with zero attached hydrogens (tertiary/aromatic N) is 1. The Balaban J connectivity index is 1.71. The topological polar surface area (TPSA) is 92.8 Å². The molecule has 0 saturated heterocycles. The molecule has 1 aromatic carbocycles. The van der Waals surface area contributed by atoms with Crippen LogP contribution in [0.5, 0.6) is 0 Å². The molecule has 1 N–H and O–H groups in total. The van der Waals surface area contributed by atoms with Crippen LogP contribution in [0.2, 0.25) is 0 Å². The van der Waals surface area contributed by atoms with Gasteiger partial charge in [0.15, 0.2) is 12.4 Å². The summed E-state index contributed by atoms with van der Waals surface area (Å²) in [6.45, 7) is 1.36. The van der Waals surface area contributed by atoms with Crippen LogP contribution in [0.4, 0.5) is 5.69 Å². The number of thiophene rings is 1. The molecule has 0 aliphatic heterocycles. The first-order chi connectivity index (χ1) is 13.9. The number of amides is 2. The van der Waals surface area contributed by atoms with Gasteiger partial charge in [-0.15, -0.1) is 11.3 Å². The Morgan fingerprint density at radius 1 is 1.07 bits per heavy atom. The fourth-order valence-electron chi connectivity index (χ4n) is 2.54. The normalized spacial score (nSPS) is 10.3. The fourth-order valence-corrected chi connectivity index (χ4v) is 3.24. The monoisotopic (exact) mass is 416 g/mol. The van der Waals surface area contributed by atoms with Gasteiger partial charge in [-0.3, -0.25) is 19.2 Å². The molecule has 0 saturated carbocycles. The number of nitrogens with one attached hydrogen (secondary N) is 1. The van der Waals surface area contributed by atoms with Gasteiger partial charge in [-0.1, -0.05) is 31.2 Å². The molecule has 8 heteroatoms. The van der Waals surface area contributed by atoms with E-state index < -0.39 is 18.5 Å². The van der Waals surface area contributed by atoms with Crippen LogP contribution >= 0.6 is 11.3 Å². The highest BCUT2D eigenvalue weighted by molar-refractivity contribution is 7.12. The molecule has 0 spiro atoms. The lowest BCUT2D eigenvalue weighted by Gasteiger charge is -2.17. The van der Waals surface area contributed by atoms with Crippen LogP contribution in [0.25, 0.3) is 0 Å². The Hall–Kier alpha value is -3.00. The molecule has 0 atom stereocenters. The van der Waals surface area contributed by atoms with Crippen LogP contribution in [0.3, 0.4) is 0 Å². The number of para-hydroxylation sites is 1. The lowest BCUT2D eigenvalue weighted by Crippen LogP contribution is -2.37. The number of ketones is 1. The van der Waals surface area contributed by atoms with Gasteiger partial charge in [0.1, 0.15) is 0 Å². The summed E-state index contributed by atoms with van der Waals surface area (Å²) in [6, 6.07) is 10.9. The number of carbonyl (C=O) groups excluding carboxylic acids is 4. The molecule has 29 heavy (non-hydrogen) atoms. The van der Waals surface area contributed by atoms with Crippen LogP contribution in [-0.4, -0.2) is 48.7 Å². The fraction of sp³-hybridized carbons (Fsp3) is 0.333. The first-order valence-corrected chi connectivity index (χ1v) is 10.1. The number of aryl methyl sites for hydroxylation is 1. The smallest absolute Gasteiger partial charge is 0.306 e. The number of anilines is 1. The second-order valence-electron chi connectivity index (χ2n) is 6.37. The quantitative estimate of drug-likeness (QED) is 0.475. The van der Waals surface area contributed by atoms with Crippen molar-refractivity contribution in [3.05, 3.63) is 52.2 Å². The van der Waals surface area contributed by atoms with E-state index in [-0.39, 0.29) is 31.1 Å². The van der Waals surface area contributed by atoms with E-state index in [4.69, 9.17) is 4.74 Å². The highest BCUT2D eigenvalue weighted by Crippen LogP contribution is 2.15. The number of ether oxygens (including phenoxy) is 1. The van der Waals surface area contributed by atoms with Crippen LogP contribution < -0.4 is 5.32 Å². The second kappa shape index (κ2) is 11.1. The minimum atomic E-state index is -0.627. The van der Waals surface area contributed by atoms with Gasteiger partial charge >= 0.3 is 5.97 Å². The second-order valence-corrected chi connectivity index (χ2v) is 7.32. The summed E-state index contributed by atoms with van der Waals surface area (Å²) in [7, 11) is 1.46. The maximum atomic E-state index is 12.2. The zero-order valence-corrected chi connectivity index (χ0v) is 17.3. The summed E-state index contributed by atoms with van der Waals surface area (Å²) in [5.41, 5.74) is 1.71. The van der Waals surface area contributed by atoms with Crippen molar-refractivity contribution in [2.45, 2.75) is 26.2 Å². The first kappa shape index (κ1) is 22.3. The lowest BCUT2D eigenvalue weighted by atomic mass is 10.1. The van der Waals surface area contributed by atoms with E-state index in [0.29, 0.717) is 10.6 Å². The van der Waals surface area contributed by atoms with Gasteiger partial charge < -0.3 is 15.0 Å². The number of hydrogen-bond acceptors (Lipinski definition) is 6. The van der Waals surface area contributed by atoms with Crippen LogP contribution in [0, 0.1) is 0 Å². The molecule has 0 unspecified atom stereocenters. The summed E-state index contributed by atoms with van der Waals surface area (Å²) in [5, 5.41) is 4.57. The molecule has 0 radical (unpaired) electrons. The number of esters is 1. The van der Waals surface area contributed by atoms with Crippen molar-refractivity contribution in [1.82, 2.24) is 4.90 Å². The third-order valence-corrected chi connectivity index (χ3v) is 5.10. The van der Waals surface area contributed by atoms with Gasteiger partial charge in [-0.05, 0) is 29.5 Å². The number of carbonyl (C=O) groups is 4. The van der Waals surface area contributed by atoms with E-state index >= 15 is 0 Å². The number of likely N-dealkylation sites (N-methyl/N-ethyl adjacent to an activating group) is 1. The molecule has 0 aliphatic rings. The first-order valence-electron chi connectivity index (χ1n) is 9.24. The predicted octanol–water partition coefficient (Wildman–Crippen LogP) is 2.91. The maximum absolute atomic E-state index is 12.2. The summed E-state index contributed by atoms with van der Waals surface area (Å²) in [5.74, 6) is -1.60. The third-order valence-electron chi connectivity index (χ3n) is 4.19. The largest absolute Gasteiger partial charge is 0.456 e. The highest BCUT2D eigenvalue weighted by Gasteiger charge is 2.17. The number of Topliss-reactive ketones (excluding diaryl/α,β-unsaturated/α-hetero) is 1. The van der Waals surface area contributed by atoms with Gasteiger partial charge in [-0.25, -0.2) is 0 Å². The summed E-state index contributed by atoms with van der Waals surface area (Å²) in [4.78, 5) is 49.7. The van der Waals surface area contributed by atoms with Crippen molar-refractivity contribution in [2.24, 2.45) is 0 Å². The van der Waals surface area contributed by atoms with Gasteiger partial charge in [0.05, 0.1) is 17.8 Å². The van der Waals surface area contributed by atoms with Crippen molar-refractivity contribution in [3.8, 4) is 0 Å². The van der Waals surface area contributed by atoms with Gasteiger partial charge in [-0.2, -0.15) is 0 Å². The number of benzene rings is 1. The molecule has 2 amide bonds. The summed E-state index contributed by atoms with van der Waals surface area (Å²) < 4.78 is 4.92. The molecular weight excluding hydrogens is 392 g/mol. The van der Waals surface area contributed by atoms with Gasteiger partial charge in [0.25, 0.3) is 5.91 Å².